The summed E-state index contributed by atoms with van der Waals surface area (Å²) >= 11 is 0. The molecule has 0 spiro atoms. The highest BCUT2D eigenvalue weighted by molar-refractivity contribution is 7.91. The molecule has 0 aromatic heterocycles. The number of nitrogens with zero attached hydrogens (tertiary/aromatic N) is 1. The minimum Gasteiger partial charge on any atom is -0.325 e. The Kier molecular flexibility index (Phi) is 3.19. The zero-order chi connectivity index (χ0) is 12.9. The van der Waals surface area contributed by atoms with Crippen molar-refractivity contribution in [2.24, 2.45) is 23.5 Å². The fourth-order valence-corrected chi connectivity index (χ4v) is 6.38. The van der Waals surface area contributed by atoms with Gasteiger partial charge in [0.05, 0.1) is 11.5 Å². The van der Waals surface area contributed by atoms with Gasteiger partial charge in [0, 0.05) is 18.6 Å². The van der Waals surface area contributed by atoms with Crippen LogP contribution in [-0.2, 0) is 9.84 Å². The van der Waals surface area contributed by atoms with E-state index in [9.17, 15) is 8.42 Å². The molecule has 3 aliphatic rings. The van der Waals surface area contributed by atoms with Crippen LogP contribution in [0.5, 0.6) is 0 Å². The lowest BCUT2D eigenvalue weighted by molar-refractivity contribution is 0.174. The number of nitrogens with two attached hydrogens (primary N) is 1. The van der Waals surface area contributed by atoms with Crippen LogP contribution in [0.2, 0.25) is 0 Å². The van der Waals surface area contributed by atoms with E-state index in [0.717, 1.165) is 24.3 Å². The molecule has 2 aliphatic carbocycles. The van der Waals surface area contributed by atoms with E-state index in [-0.39, 0.29) is 23.6 Å². The first kappa shape index (κ1) is 12.9. The fraction of sp³-hybridized carbons (Fsp3) is 1.00. The smallest absolute Gasteiger partial charge is 0.153 e. The molecule has 1 heterocycles. The first-order chi connectivity index (χ1) is 8.44. The topological polar surface area (TPSA) is 63.4 Å². The van der Waals surface area contributed by atoms with Crippen LogP contribution in [0.15, 0.2) is 0 Å². The van der Waals surface area contributed by atoms with Crippen molar-refractivity contribution in [1.82, 2.24) is 4.90 Å². The number of sulfone groups is 1. The van der Waals surface area contributed by atoms with Crippen LogP contribution in [0.3, 0.4) is 0 Å². The SMILES string of the molecule is CN(CC1CC2CCC1C2)C1CS(=O)(=O)CC1N. The Labute approximate surface area is 110 Å². The summed E-state index contributed by atoms with van der Waals surface area (Å²) in [5.41, 5.74) is 5.98. The lowest BCUT2D eigenvalue weighted by Gasteiger charge is -2.32. The van der Waals surface area contributed by atoms with Crippen LogP contribution in [0.4, 0.5) is 0 Å². The molecule has 1 saturated heterocycles. The molecule has 2 bridgehead atoms. The van der Waals surface area contributed by atoms with Crippen LogP contribution in [0, 0.1) is 17.8 Å². The first-order valence-corrected chi connectivity index (χ1v) is 8.93. The van der Waals surface area contributed by atoms with E-state index in [0.29, 0.717) is 0 Å². The maximum absolute atomic E-state index is 11.6. The summed E-state index contributed by atoms with van der Waals surface area (Å²) in [6.07, 6.45) is 5.57. The Balaban J connectivity index is 1.60. The molecule has 3 rings (SSSR count). The van der Waals surface area contributed by atoms with Crippen LogP contribution < -0.4 is 5.73 Å². The number of fused-ring (bicyclic) bond motifs is 2. The van der Waals surface area contributed by atoms with Gasteiger partial charge in [-0.1, -0.05) is 6.42 Å². The van der Waals surface area contributed by atoms with Crippen molar-refractivity contribution in [3.63, 3.8) is 0 Å². The summed E-state index contributed by atoms with van der Waals surface area (Å²) in [4.78, 5) is 2.22. The average molecular weight is 272 g/mol. The lowest BCUT2D eigenvalue weighted by atomic mass is 9.88. The van der Waals surface area contributed by atoms with Crippen LogP contribution in [0.25, 0.3) is 0 Å². The highest BCUT2D eigenvalue weighted by Crippen LogP contribution is 2.48. The molecule has 0 aromatic rings. The third kappa shape index (κ3) is 2.32. The van der Waals surface area contributed by atoms with Gasteiger partial charge in [-0.2, -0.15) is 0 Å². The van der Waals surface area contributed by atoms with Gasteiger partial charge in [0.2, 0.25) is 0 Å². The summed E-state index contributed by atoms with van der Waals surface area (Å²) in [5.74, 6) is 3.05. The van der Waals surface area contributed by atoms with E-state index < -0.39 is 9.84 Å². The molecule has 2 N–H and O–H groups in total. The molecule has 1 aliphatic heterocycles. The molecule has 0 aromatic carbocycles. The van der Waals surface area contributed by atoms with E-state index in [4.69, 9.17) is 5.73 Å². The van der Waals surface area contributed by atoms with Crippen molar-refractivity contribution in [1.29, 1.82) is 0 Å². The highest BCUT2D eigenvalue weighted by Gasteiger charge is 2.42. The predicted octanol–water partition coefficient (Wildman–Crippen LogP) is 0.479. The average Bonchev–Trinajstić information content (AvgIpc) is 2.92. The molecule has 5 unspecified atom stereocenters. The largest absolute Gasteiger partial charge is 0.325 e. The summed E-state index contributed by atoms with van der Waals surface area (Å²) in [5, 5.41) is 0. The van der Waals surface area contributed by atoms with E-state index in [1.165, 1.54) is 25.7 Å². The molecule has 0 radical (unpaired) electrons. The normalized spacial score (nSPS) is 46.1. The minimum absolute atomic E-state index is 0.0362. The zero-order valence-corrected chi connectivity index (χ0v) is 11.9. The Morgan fingerprint density at radius 2 is 2.00 bits per heavy atom. The summed E-state index contributed by atoms with van der Waals surface area (Å²) in [6.45, 7) is 1.04. The van der Waals surface area contributed by atoms with Crippen molar-refractivity contribution in [2.75, 3.05) is 25.1 Å². The van der Waals surface area contributed by atoms with E-state index in [1.807, 2.05) is 0 Å². The molecule has 3 fully saturated rings. The molecular formula is C13H24N2O2S. The second-order valence-corrected chi connectivity index (χ2v) is 8.84. The summed E-state index contributed by atoms with van der Waals surface area (Å²) in [7, 11) is -0.847. The van der Waals surface area contributed by atoms with Crippen LogP contribution in [0.1, 0.15) is 25.7 Å². The second kappa shape index (κ2) is 4.46. The van der Waals surface area contributed by atoms with E-state index in [1.54, 1.807) is 0 Å². The summed E-state index contributed by atoms with van der Waals surface area (Å²) < 4.78 is 23.2. The minimum atomic E-state index is -2.90. The van der Waals surface area contributed by atoms with Gasteiger partial charge in [-0.05, 0) is 44.1 Å². The monoisotopic (exact) mass is 272 g/mol. The van der Waals surface area contributed by atoms with Crippen molar-refractivity contribution >= 4 is 9.84 Å². The molecular weight excluding hydrogens is 248 g/mol. The third-order valence-electron chi connectivity index (χ3n) is 5.34. The van der Waals surface area contributed by atoms with Gasteiger partial charge in [0.25, 0.3) is 0 Å². The van der Waals surface area contributed by atoms with Gasteiger partial charge < -0.3 is 10.6 Å². The van der Waals surface area contributed by atoms with Crippen molar-refractivity contribution in [2.45, 2.75) is 37.8 Å². The van der Waals surface area contributed by atoms with Gasteiger partial charge in [0.1, 0.15) is 0 Å². The molecule has 5 atom stereocenters. The maximum atomic E-state index is 11.6. The molecule has 2 saturated carbocycles. The van der Waals surface area contributed by atoms with Crippen molar-refractivity contribution < 1.29 is 8.42 Å². The quantitative estimate of drug-likeness (QED) is 0.811. The van der Waals surface area contributed by atoms with E-state index in [2.05, 4.69) is 11.9 Å². The Morgan fingerprint density at radius 1 is 1.22 bits per heavy atom. The Morgan fingerprint density at radius 3 is 2.50 bits per heavy atom. The number of rotatable bonds is 3. The molecule has 0 amide bonds. The zero-order valence-electron chi connectivity index (χ0n) is 11.1. The van der Waals surface area contributed by atoms with Gasteiger partial charge in [-0.15, -0.1) is 0 Å². The Hall–Kier alpha value is -0.130. The lowest BCUT2D eigenvalue weighted by Crippen LogP contribution is -2.47. The van der Waals surface area contributed by atoms with Gasteiger partial charge in [-0.25, -0.2) is 8.42 Å². The van der Waals surface area contributed by atoms with Crippen LogP contribution >= 0.6 is 0 Å². The molecule has 18 heavy (non-hydrogen) atoms. The number of hydrogen-bond acceptors (Lipinski definition) is 4. The number of hydrogen-bond donors (Lipinski definition) is 1. The van der Waals surface area contributed by atoms with E-state index >= 15 is 0 Å². The van der Waals surface area contributed by atoms with Crippen LogP contribution in [-0.4, -0.2) is 50.5 Å². The first-order valence-electron chi connectivity index (χ1n) is 7.11. The Bertz CT molecular complexity index is 423. The second-order valence-electron chi connectivity index (χ2n) is 6.68. The highest BCUT2D eigenvalue weighted by atomic mass is 32.2. The van der Waals surface area contributed by atoms with Gasteiger partial charge in [-0.3, -0.25) is 0 Å². The fourth-order valence-electron chi connectivity index (χ4n) is 4.42. The number of likely N-dealkylation sites (N-methyl/N-ethyl adjacent to an activating group) is 1. The third-order valence-corrected chi connectivity index (χ3v) is 7.08. The van der Waals surface area contributed by atoms with Crippen molar-refractivity contribution in [3.05, 3.63) is 0 Å². The predicted molar refractivity (Wildman–Crippen MR) is 72.0 cm³/mol. The molecule has 4 nitrogen and oxygen atoms in total. The standard InChI is InChI=1S/C13H24N2O2S/c1-15(13-8-18(16,17)7-12(13)14)6-11-5-9-2-3-10(11)4-9/h9-13H,2-8,14H2,1H3. The van der Waals surface area contributed by atoms with Crippen molar-refractivity contribution in [3.8, 4) is 0 Å². The van der Waals surface area contributed by atoms with Gasteiger partial charge >= 0.3 is 0 Å². The molecule has 104 valence electrons. The molecule has 5 heteroatoms. The van der Waals surface area contributed by atoms with Gasteiger partial charge in [0.15, 0.2) is 9.84 Å². The summed E-state index contributed by atoms with van der Waals surface area (Å²) in [6, 6.07) is -0.160. The maximum Gasteiger partial charge on any atom is 0.153 e.